The fourth-order valence-corrected chi connectivity index (χ4v) is 2.57. The first-order valence-corrected chi connectivity index (χ1v) is 8.33. The van der Waals surface area contributed by atoms with Crippen LogP contribution in [-0.4, -0.2) is 5.16 Å². The number of benzene rings is 3. The quantitative estimate of drug-likeness (QED) is 0.392. The van der Waals surface area contributed by atoms with Crippen LogP contribution in [0.3, 0.4) is 0 Å². The number of hydrogen-bond donors (Lipinski definition) is 0. The Morgan fingerprint density at radius 1 is 0.923 bits per heavy atom. The van der Waals surface area contributed by atoms with Gasteiger partial charge < -0.3 is 4.74 Å². The van der Waals surface area contributed by atoms with Gasteiger partial charge in [0.15, 0.2) is 11.6 Å². The Kier molecular flexibility index (Phi) is 5.52. The summed E-state index contributed by atoms with van der Waals surface area (Å²) < 4.78 is 33.6. The molecule has 0 aliphatic rings. The topological polar surface area (TPSA) is 21.6 Å². The average Bonchev–Trinajstić information content (AvgIpc) is 2.64. The fraction of sp³-hybridized carbons (Fsp3) is 0.0952. The lowest BCUT2D eigenvalue weighted by Gasteiger charge is -2.09. The molecule has 0 saturated heterocycles. The Morgan fingerprint density at radius 2 is 1.54 bits per heavy atom. The van der Waals surface area contributed by atoms with E-state index in [1.54, 1.807) is 24.3 Å². The molecular weight excluding hydrogens is 352 g/mol. The van der Waals surface area contributed by atoms with E-state index >= 15 is 0 Å². The van der Waals surface area contributed by atoms with E-state index in [4.69, 9.17) is 4.74 Å². The third kappa shape index (κ3) is 4.20. The molecule has 0 spiro atoms. The minimum Gasteiger partial charge on any atom is -0.489 e. The van der Waals surface area contributed by atoms with Gasteiger partial charge >= 0.3 is 0 Å². The van der Waals surface area contributed by atoms with Crippen molar-refractivity contribution in [3.8, 4) is 16.9 Å². The van der Waals surface area contributed by atoms with Gasteiger partial charge in [-0.25, -0.2) is 8.78 Å². The first-order valence-electron chi connectivity index (χ1n) is 7.92. The lowest BCUT2D eigenvalue weighted by Crippen LogP contribution is -1.95. The highest BCUT2D eigenvalue weighted by atomic mass is 32.1. The molecule has 130 valence electrons. The summed E-state index contributed by atoms with van der Waals surface area (Å²) in [5, 5.41) is 1.97. The van der Waals surface area contributed by atoms with Crippen LogP contribution in [0.5, 0.6) is 5.75 Å². The molecule has 0 N–H and O–H groups in total. The molecule has 0 amide bonds. The number of hydrogen-bond acceptors (Lipinski definition) is 3. The molecule has 0 unspecified atom stereocenters. The standard InChI is InChI=1S/C21H15F2NOS/c1-14-2-4-15(5-3-14)12-25-18-8-6-16(7-9-18)17-10-19(22)21(24-13-26)20(23)11-17/h2-11H,12H2,1H3. The molecule has 3 rings (SSSR count). The van der Waals surface area contributed by atoms with Crippen LogP contribution in [0, 0.1) is 18.6 Å². The predicted octanol–water partition coefficient (Wildman–Crippen LogP) is 6.25. The van der Waals surface area contributed by atoms with Crippen LogP contribution in [0.15, 0.2) is 65.7 Å². The van der Waals surface area contributed by atoms with Gasteiger partial charge in [-0.2, -0.15) is 4.99 Å². The van der Waals surface area contributed by atoms with Crippen LogP contribution >= 0.6 is 12.2 Å². The Balaban J connectivity index is 1.75. The minimum atomic E-state index is -0.781. The molecule has 3 aromatic carbocycles. The van der Waals surface area contributed by atoms with Crippen molar-refractivity contribution in [1.29, 1.82) is 0 Å². The largest absolute Gasteiger partial charge is 0.489 e. The normalized spacial score (nSPS) is 10.3. The van der Waals surface area contributed by atoms with Crippen LogP contribution in [-0.2, 0) is 6.61 Å². The molecule has 0 radical (unpaired) electrons. The molecule has 5 heteroatoms. The number of isothiocyanates is 1. The van der Waals surface area contributed by atoms with Gasteiger partial charge in [0.1, 0.15) is 18.0 Å². The molecule has 0 atom stereocenters. The number of thiocarbonyl (C=S) groups is 1. The SMILES string of the molecule is Cc1ccc(COc2ccc(-c3cc(F)c(N=C=S)c(F)c3)cc2)cc1. The lowest BCUT2D eigenvalue weighted by molar-refractivity contribution is 0.306. The van der Waals surface area contributed by atoms with Gasteiger partial charge in [-0.3, -0.25) is 0 Å². The van der Waals surface area contributed by atoms with Crippen molar-refractivity contribution < 1.29 is 13.5 Å². The second-order valence-corrected chi connectivity index (χ2v) is 5.97. The number of aliphatic imine (C=N–C) groups is 1. The van der Waals surface area contributed by atoms with Crippen molar-refractivity contribution in [2.45, 2.75) is 13.5 Å². The van der Waals surface area contributed by atoms with E-state index in [0.717, 1.165) is 5.56 Å². The van der Waals surface area contributed by atoms with Crippen LogP contribution < -0.4 is 4.74 Å². The molecule has 0 saturated carbocycles. The third-order valence-electron chi connectivity index (χ3n) is 3.89. The number of ether oxygens (including phenoxy) is 1. The Bertz CT molecular complexity index is 939. The number of aryl methyl sites for hydroxylation is 1. The smallest absolute Gasteiger partial charge is 0.153 e. The maximum absolute atomic E-state index is 14.0. The van der Waals surface area contributed by atoms with E-state index in [1.165, 1.54) is 17.7 Å². The molecule has 3 aromatic rings. The summed E-state index contributed by atoms with van der Waals surface area (Å²) in [5.41, 5.74) is 2.91. The van der Waals surface area contributed by atoms with E-state index in [9.17, 15) is 8.78 Å². The van der Waals surface area contributed by atoms with E-state index < -0.39 is 17.3 Å². The molecule has 0 bridgehead atoms. The monoisotopic (exact) mass is 367 g/mol. The van der Waals surface area contributed by atoms with Crippen molar-refractivity contribution >= 4 is 23.1 Å². The Labute approximate surface area is 155 Å². The van der Waals surface area contributed by atoms with E-state index in [-0.39, 0.29) is 0 Å². The summed E-state index contributed by atoms with van der Waals surface area (Å²) in [5.74, 6) is -0.883. The van der Waals surface area contributed by atoms with Crippen molar-refractivity contribution in [2.24, 2.45) is 4.99 Å². The second kappa shape index (κ2) is 8.00. The highest BCUT2D eigenvalue weighted by molar-refractivity contribution is 7.78. The predicted molar refractivity (Wildman–Crippen MR) is 102 cm³/mol. The first kappa shape index (κ1) is 17.9. The molecule has 0 aromatic heterocycles. The summed E-state index contributed by atoms with van der Waals surface area (Å²) >= 11 is 4.40. The molecule has 0 heterocycles. The molecule has 2 nitrogen and oxygen atoms in total. The molecule has 0 aliphatic carbocycles. The molecular formula is C21H15F2NOS. The Morgan fingerprint density at radius 3 is 2.12 bits per heavy atom. The van der Waals surface area contributed by atoms with Gasteiger partial charge in [0.25, 0.3) is 0 Å². The number of halogens is 2. The second-order valence-electron chi connectivity index (χ2n) is 5.79. The van der Waals surface area contributed by atoms with Crippen LogP contribution in [0.2, 0.25) is 0 Å². The minimum absolute atomic E-state index is 0.411. The van der Waals surface area contributed by atoms with Gasteiger partial charge in [-0.1, -0.05) is 42.0 Å². The zero-order valence-corrected chi connectivity index (χ0v) is 14.8. The van der Waals surface area contributed by atoms with Gasteiger partial charge in [0.2, 0.25) is 0 Å². The lowest BCUT2D eigenvalue weighted by atomic mass is 10.0. The highest BCUT2D eigenvalue weighted by Gasteiger charge is 2.11. The summed E-state index contributed by atoms with van der Waals surface area (Å²) in [6.07, 6.45) is 0. The van der Waals surface area contributed by atoms with Gasteiger partial charge in [0.05, 0.1) is 5.16 Å². The summed E-state index contributed by atoms with van der Waals surface area (Å²) in [4.78, 5) is 3.41. The van der Waals surface area contributed by atoms with Gasteiger partial charge in [0, 0.05) is 0 Å². The maximum Gasteiger partial charge on any atom is 0.153 e. The third-order valence-corrected chi connectivity index (χ3v) is 3.98. The van der Waals surface area contributed by atoms with Crippen molar-refractivity contribution in [2.75, 3.05) is 0 Å². The number of nitrogens with zero attached hydrogens (tertiary/aromatic N) is 1. The summed E-state index contributed by atoms with van der Waals surface area (Å²) in [7, 11) is 0. The highest BCUT2D eigenvalue weighted by Crippen LogP contribution is 2.30. The average molecular weight is 367 g/mol. The fourth-order valence-electron chi connectivity index (χ4n) is 2.48. The summed E-state index contributed by atoms with van der Waals surface area (Å²) in [6, 6.07) is 17.6. The zero-order valence-electron chi connectivity index (χ0n) is 14.0. The van der Waals surface area contributed by atoms with Crippen LogP contribution in [0.25, 0.3) is 11.1 Å². The Hall–Kier alpha value is -2.88. The zero-order chi connectivity index (χ0) is 18.5. The van der Waals surface area contributed by atoms with E-state index in [0.29, 0.717) is 23.5 Å². The molecule has 0 fully saturated rings. The van der Waals surface area contributed by atoms with Crippen molar-refractivity contribution in [1.82, 2.24) is 0 Å². The number of rotatable bonds is 5. The summed E-state index contributed by atoms with van der Waals surface area (Å²) in [6.45, 7) is 2.48. The van der Waals surface area contributed by atoms with Gasteiger partial charge in [-0.15, -0.1) is 0 Å². The van der Waals surface area contributed by atoms with E-state index in [1.807, 2.05) is 36.4 Å². The van der Waals surface area contributed by atoms with Gasteiger partial charge in [-0.05, 0) is 60.1 Å². The van der Waals surface area contributed by atoms with Crippen LogP contribution in [0.4, 0.5) is 14.5 Å². The molecule has 26 heavy (non-hydrogen) atoms. The maximum atomic E-state index is 14.0. The van der Waals surface area contributed by atoms with E-state index in [2.05, 4.69) is 17.2 Å². The van der Waals surface area contributed by atoms with Crippen LogP contribution in [0.1, 0.15) is 11.1 Å². The van der Waals surface area contributed by atoms with Crippen molar-refractivity contribution in [3.05, 3.63) is 83.4 Å². The van der Waals surface area contributed by atoms with Crippen molar-refractivity contribution in [3.63, 3.8) is 0 Å². The molecule has 0 aliphatic heterocycles. The first-order chi connectivity index (χ1) is 12.6.